The van der Waals surface area contributed by atoms with E-state index in [1.807, 2.05) is 0 Å². The van der Waals surface area contributed by atoms with Crippen LogP contribution in [0.4, 0.5) is 0 Å². The quantitative estimate of drug-likeness (QED) is 0.406. The van der Waals surface area contributed by atoms with Gasteiger partial charge in [0.15, 0.2) is 0 Å². The Bertz CT molecular complexity index is 47.7. The molecule has 0 heterocycles. The zero-order chi connectivity index (χ0) is 6.41. The third-order valence-electron chi connectivity index (χ3n) is 0.979. The molecule has 0 aromatic rings. The molecule has 0 aliphatic carbocycles. The van der Waals surface area contributed by atoms with E-state index in [-0.39, 0.29) is 9.68 Å². The molecule has 0 saturated heterocycles. The molecule has 1 atom stereocenters. The van der Waals surface area contributed by atoms with Gasteiger partial charge in [-0.15, -0.1) is 0 Å². The Balaban J connectivity index is 2.72. The molecular weight excluding hydrogens is 130 g/mol. The molecule has 1 nitrogen and oxygen atoms in total. The summed E-state index contributed by atoms with van der Waals surface area (Å²) in [7, 11) is 1.53. The van der Waals surface area contributed by atoms with Crippen molar-refractivity contribution in [2.75, 3.05) is 6.54 Å². The first kappa shape index (κ1) is 8.39. The van der Waals surface area contributed by atoms with E-state index in [2.05, 4.69) is 18.8 Å². The monoisotopic (exact) mass is 147 g/mol. The molecular formula is C5H17NSi2. The van der Waals surface area contributed by atoms with Crippen LogP contribution >= 0.6 is 0 Å². The molecule has 1 N–H and O–H groups in total. The largest absolute Gasteiger partial charge is 0.342 e. The fourth-order valence-corrected chi connectivity index (χ4v) is 2.57. The summed E-state index contributed by atoms with van der Waals surface area (Å²) >= 11 is 0. The molecule has 0 bridgehead atoms. The molecule has 0 aromatic heterocycles. The second-order valence-electron chi connectivity index (χ2n) is 2.60. The average molecular weight is 147 g/mol. The van der Waals surface area contributed by atoms with Gasteiger partial charge in [-0.1, -0.05) is 19.0 Å². The number of hydrogen-bond acceptors (Lipinski definition) is 1. The fraction of sp³-hybridized carbons (Fsp3) is 1.00. The van der Waals surface area contributed by atoms with Crippen molar-refractivity contribution in [2.24, 2.45) is 0 Å². The minimum absolute atomic E-state index is 0.147. The van der Waals surface area contributed by atoms with E-state index in [1.165, 1.54) is 23.2 Å². The van der Waals surface area contributed by atoms with Crippen molar-refractivity contribution in [3.63, 3.8) is 0 Å². The molecule has 0 fully saturated rings. The molecule has 0 aliphatic heterocycles. The highest BCUT2D eigenvalue weighted by molar-refractivity contribution is 6.47. The second-order valence-corrected chi connectivity index (χ2v) is 8.74. The van der Waals surface area contributed by atoms with Crippen LogP contribution < -0.4 is 4.98 Å². The van der Waals surface area contributed by atoms with Gasteiger partial charge >= 0.3 is 0 Å². The molecule has 8 heavy (non-hydrogen) atoms. The molecule has 0 rings (SSSR count). The standard InChI is InChI=1S/C5H17NSi2/c1-3-4-6-8-5(2)7/h5-6H,3-4,8H2,1-2,7H3. The van der Waals surface area contributed by atoms with Crippen molar-refractivity contribution < 1.29 is 0 Å². The van der Waals surface area contributed by atoms with E-state index in [9.17, 15) is 0 Å². The Labute approximate surface area is 57.6 Å². The Morgan fingerprint density at radius 1 is 1.75 bits per heavy atom. The zero-order valence-corrected chi connectivity index (χ0v) is 9.61. The average Bonchev–Trinajstić information content (AvgIpc) is 1.66. The van der Waals surface area contributed by atoms with Crippen LogP contribution in [0.2, 0.25) is 5.16 Å². The van der Waals surface area contributed by atoms with E-state index < -0.39 is 0 Å². The van der Waals surface area contributed by atoms with E-state index in [4.69, 9.17) is 0 Å². The lowest BCUT2D eigenvalue weighted by Crippen LogP contribution is -2.23. The van der Waals surface area contributed by atoms with Crippen molar-refractivity contribution in [3.8, 4) is 0 Å². The van der Waals surface area contributed by atoms with E-state index in [0.29, 0.717) is 0 Å². The summed E-state index contributed by atoms with van der Waals surface area (Å²) in [5, 5.41) is 1.07. The molecule has 0 radical (unpaired) electrons. The van der Waals surface area contributed by atoms with Crippen LogP contribution in [-0.4, -0.2) is 26.5 Å². The van der Waals surface area contributed by atoms with Gasteiger partial charge in [0.05, 0.1) is 9.68 Å². The first-order valence-electron chi connectivity index (χ1n) is 3.48. The van der Waals surface area contributed by atoms with Crippen molar-refractivity contribution in [2.45, 2.75) is 25.4 Å². The Hall–Kier alpha value is 0.394. The predicted molar refractivity (Wildman–Crippen MR) is 46.2 cm³/mol. The van der Waals surface area contributed by atoms with Gasteiger partial charge in [0.1, 0.15) is 0 Å². The minimum Gasteiger partial charge on any atom is -0.342 e. The normalized spacial score (nSPS) is 15.8. The second kappa shape index (κ2) is 5.53. The topological polar surface area (TPSA) is 12.0 Å². The Kier molecular flexibility index (Phi) is 5.80. The highest BCUT2D eigenvalue weighted by atomic mass is 28.3. The molecule has 50 valence electrons. The van der Waals surface area contributed by atoms with Crippen LogP contribution in [0.25, 0.3) is 0 Å². The highest BCUT2D eigenvalue weighted by Gasteiger charge is 1.90. The van der Waals surface area contributed by atoms with Gasteiger partial charge in [0.2, 0.25) is 0 Å². The number of hydrogen-bond donors (Lipinski definition) is 1. The summed E-state index contributed by atoms with van der Waals surface area (Å²) in [4.78, 5) is 3.51. The zero-order valence-electron chi connectivity index (χ0n) is 6.20. The lowest BCUT2D eigenvalue weighted by molar-refractivity contribution is 0.855. The van der Waals surface area contributed by atoms with Crippen LogP contribution in [0, 0.1) is 0 Å². The van der Waals surface area contributed by atoms with Gasteiger partial charge in [-0.2, -0.15) is 0 Å². The lowest BCUT2D eigenvalue weighted by Gasteiger charge is -2.02. The van der Waals surface area contributed by atoms with E-state index in [1.54, 1.807) is 0 Å². The SMILES string of the molecule is CCCN[SiH2]C(C)[SiH3]. The highest BCUT2D eigenvalue weighted by Crippen LogP contribution is 1.86. The van der Waals surface area contributed by atoms with Crippen molar-refractivity contribution in [1.82, 2.24) is 4.98 Å². The van der Waals surface area contributed by atoms with Gasteiger partial charge in [0, 0.05) is 10.2 Å². The van der Waals surface area contributed by atoms with Gasteiger partial charge in [-0.05, 0) is 13.0 Å². The van der Waals surface area contributed by atoms with Crippen LogP contribution in [0.3, 0.4) is 0 Å². The molecule has 0 aliphatic rings. The van der Waals surface area contributed by atoms with Gasteiger partial charge in [-0.3, -0.25) is 0 Å². The van der Waals surface area contributed by atoms with Crippen LogP contribution in [0.1, 0.15) is 20.3 Å². The summed E-state index contributed by atoms with van der Waals surface area (Å²) in [5.74, 6) is 0. The van der Waals surface area contributed by atoms with Crippen LogP contribution in [0.5, 0.6) is 0 Å². The number of nitrogens with one attached hydrogen (secondary N) is 1. The molecule has 0 aromatic carbocycles. The lowest BCUT2D eigenvalue weighted by atomic mass is 10.5. The fourth-order valence-electron chi connectivity index (χ4n) is 0.568. The summed E-state index contributed by atoms with van der Waals surface area (Å²) < 4.78 is 0. The summed E-state index contributed by atoms with van der Waals surface area (Å²) in [6.45, 7) is 5.82. The van der Waals surface area contributed by atoms with Crippen molar-refractivity contribution >= 4 is 19.9 Å². The van der Waals surface area contributed by atoms with E-state index >= 15 is 0 Å². The van der Waals surface area contributed by atoms with Gasteiger partial charge < -0.3 is 4.98 Å². The Morgan fingerprint density at radius 2 is 2.38 bits per heavy atom. The Morgan fingerprint density at radius 3 is 2.75 bits per heavy atom. The van der Waals surface area contributed by atoms with Crippen molar-refractivity contribution in [1.29, 1.82) is 0 Å². The summed E-state index contributed by atoms with van der Waals surface area (Å²) in [5.41, 5.74) is 0. The maximum atomic E-state index is 3.51. The molecule has 3 heteroatoms. The molecule has 0 amide bonds. The smallest absolute Gasteiger partial charge is 0.0910 e. The van der Waals surface area contributed by atoms with Crippen LogP contribution in [0.15, 0.2) is 0 Å². The first-order chi connectivity index (χ1) is 3.77. The maximum absolute atomic E-state index is 3.51. The van der Waals surface area contributed by atoms with Crippen LogP contribution in [-0.2, 0) is 0 Å². The maximum Gasteiger partial charge on any atom is 0.0910 e. The van der Waals surface area contributed by atoms with Gasteiger partial charge in [0.25, 0.3) is 0 Å². The molecule has 0 saturated carbocycles. The number of rotatable bonds is 4. The van der Waals surface area contributed by atoms with E-state index in [0.717, 1.165) is 5.16 Å². The molecule has 0 spiro atoms. The van der Waals surface area contributed by atoms with Crippen molar-refractivity contribution in [3.05, 3.63) is 0 Å². The minimum atomic E-state index is 0.147. The third kappa shape index (κ3) is 6.39. The summed E-state index contributed by atoms with van der Waals surface area (Å²) in [6, 6.07) is 0. The molecule has 1 unspecified atom stereocenters. The first-order valence-corrected chi connectivity index (χ1v) is 6.16. The predicted octanol–water partition coefficient (Wildman–Crippen LogP) is -0.799. The van der Waals surface area contributed by atoms with Gasteiger partial charge in [-0.25, -0.2) is 0 Å². The third-order valence-corrected chi connectivity index (χ3v) is 3.66. The summed E-state index contributed by atoms with van der Waals surface area (Å²) in [6.07, 6.45) is 1.29.